The number of likely N-dealkylation sites (N-methyl/N-ethyl adjacent to an activating group) is 1. The van der Waals surface area contributed by atoms with Crippen LogP contribution in [0.2, 0.25) is 0 Å². The average Bonchev–Trinajstić information content (AvgIpc) is 2.61. The molecule has 0 radical (unpaired) electrons. The molecule has 1 unspecified atom stereocenters. The van der Waals surface area contributed by atoms with Gasteiger partial charge in [0.15, 0.2) is 0 Å². The van der Waals surface area contributed by atoms with Crippen LogP contribution in [0.3, 0.4) is 0 Å². The van der Waals surface area contributed by atoms with Gasteiger partial charge >= 0.3 is 0 Å². The number of methoxy groups -OCH3 is 1. The SMILES string of the molecule is COc1ccc(C(CNC(=O)c2ccc(N(C)C)c(C)c2)N(C)C)cc1. The van der Waals surface area contributed by atoms with Gasteiger partial charge in [0.2, 0.25) is 0 Å². The smallest absolute Gasteiger partial charge is 0.251 e. The van der Waals surface area contributed by atoms with E-state index in [1.165, 1.54) is 0 Å². The number of rotatable bonds is 7. The molecule has 1 atom stereocenters. The molecular formula is C21H29N3O2. The van der Waals surface area contributed by atoms with Crippen molar-refractivity contribution < 1.29 is 9.53 Å². The minimum absolute atomic E-state index is 0.0567. The predicted molar refractivity (Wildman–Crippen MR) is 107 cm³/mol. The zero-order valence-corrected chi connectivity index (χ0v) is 16.5. The maximum atomic E-state index is 12.6. The summed E-state index contributed by atoms with van der Waals surface area (Å²) in [6.07, 6.45) is 0. The average molecular weight is 355 g/mol. The number of carbonyl (C=O) groups excluding carboxylic acids is 1. The molecule has 0 saturated carbocycles. The van der Waals surface area contributed by atoms with E-state index in [4.69, 9.17) is 4.74 Å². The zero-order chi connectivity index (χ0) is 19.3. The first-order valence-electron chi connectivity index (χ1n) is 8.70. The van der Waals surface area contributed by atoms with Gasteiger partial charge in [0.05, 0.1) is 13.2 Å². The van der Waals surface area contributed by atoms with Gasteiger partial charge in [0.1, 0.15) is 5.75 Å². The second-order valence-corrected chi connectivity index (χ2v) is 6.86. The first-order chi connectivity index (χ1) is 12.3. The fourth-order valence-electron chi connectivity index (χ4n) is 3.01. The molecule has 0 fully saturated rings. The Balaban J connectivity index is 2.08. The number of nitrogens with one attached hydrogen (secondary N) is 1. The molecule has 0 heterocycles. The Kier molecular flexibility index (Phi) is 6.64. The van der Waals surface area contributed by atoms with Gasteiger partial charge in [-0.05, 0) is 62.5 Å². The van der Waals surface area contributed by atoms with Crippen molar-refractivity contribution in [3.05, 3.63) is 59.2 Å². The van der Waals surface area contributed by atoms with Crippen LogP contribution in [0.4, 0.5) is 5.69 Å². The van der Waals surface area contributed by atoms with E-state index in [1.807, 2.05) is 82.5 Å². The Bertz CT molecular complexity index is 739. The van der Waals surface area contributed by atoms with Crippen LogP contribution >= 0.6 is 0 Å². The molecule has 140 valence electrons. The van der Waals surface area contributed by atoms with Crippen molar-refractivity contribution in [1.82, 2.24) is 10.2 Å². The number of aryl methyl sites for hydroxylation is 1. The molecule has 2 aromatic rings. The highest BCUT2D eigenvalue weighted by Gasteiger charge is 2.16. The number of carbonyl (C=O) groups is 1. The van der Waals surface area contributed by atoms with Crippen molar-refractivity contribution in [3.8, 4) is 5.75 Å². The Morgan fingerprint density at radius 1 is 1.08 bits per heavy atom. The van der Waals surface area contributed by atoms with E-state index < -0.39 is 0 Å². The minimum Gasteiger partial charge on any atom is -0.497 e. The van der Waals surface area contributed by atoms with Crippen molar-refractivity contribution >= 4 is 11.6 Å². The van der Waals surface area contributed by atoms with Crippen LogP contribution in [-0.2, 0) is 0 Å². The molecule has 0 aliphatic carbocycles. The highest BCUT2D eigenvalue weighted by atomic mass is 16.5. The summed E-state index contributed by atoms with van der Waals surface area (Å²) in [5.41, 5.74) is 4.02. The summed E-state index contributed by atoms with van der Waals surface area (Å²) >= 11 is 0. The molecule has 0 aliphatic heterocycles. The van der Waals surface area contributed by atoms with Crippen LogP contribution in [0.15, 0.2) is 42.5 Å². The highest BCUT2D eigenvalue weighted by molar-refractivity contribution is 5.95. The van der Waals surface area contributed by atoms with E-state index in [9.17, 15) is 4.79 Å². The molecule has 5 nitrogen and oxygen atoms in total. The molecule has 0 spiro atoms. The predicted octanol–water partition coefficient (Wildman–Crippen LogP) is 3.10. The summed E-state index contributed by atoms with van der Waals surface area (Å²) in [6.45, 7) is 2.55. The number of hydrogen-bond acceptors (Lipinski definition) is 4. The maximum absolute atomic E-state index is 12.6. The molecule has 5 heteroatoms. The van der Waals surface area contributed by atoms with Gasteiger partial charge in [-0.25, -0.2) is 0 Å². The number of nitrogens with zero attached hydrogens (tertiary/aromatic N) is 2. The van der Waals surface area contributed by atoms with Crippen LogP contribution in [0, 0.1) is 6.92 Å². The summed E-state index contributed by atoms with van der Waals surface area (Å²) in [4.78, 5) is 16.7. The summed E-state index contributed by atoms with van der Waals surface area (Å²) in [5.74, 6) is 0.769. The van der Waals surface area contributed by atoms with Gasteiger partial charge in [-0.2, -0.15) is 0 Å². The second kappa shape index (κ2) is 8.72. The van der Waals surface area contributed by atoms with Crippen LogP contribution in [-0.4, -0.2) is 52.7 Å². The lowest BCUT2D eigenvalue weighted by atomic mass is 10.0. The third-order valence-electron chi connectivity index (χ3n) is 4.52. The highest BCUT2D eigenvalue weighted by Crippen LogP contribution is 2.22. The number of amides is 1. The lowest BCUT2D eigenvalue weighted by molar-refractivity contribution is 0.0942. The third kappa shape index (κ3) is 4.76. The molecule has 2 rings (SSSR count). The number of anilines is 1. The normalized spacial score (nSPS) is 12.0. The molecule has 26 heavy (non-hydrogen) atoms. The van der Waals surface area contributed by atoms with Crippen molar-refractivity contribution in [3.63, 3.8) is 0 Å². The Morgan fingerprint density at radius 3 is 2.23 bits per heavy atom. The van der Waals surface area contributed by atoms with Crippen molar-refractivity contribution in [2.24, 2.45) is 0 Å². The van der Waals surface area contributed by atoms with E-state index in [2.05, 4.69) is 10.2 Å². The maximum Gasteiger partial charge on any atom is 0.251 e. The fourth-order valence-corrected chi connectivity index (χ4v) is 3.01. The standard InChI is InChI=1S/C21H29N3O2/c1-15-13-17(9-12-19(15)23(2)3)21(25)22-14-20(24(4)5)16-7-10-18(26-6)11-8-16/h7-13,20H,14H2,1-6H3,(H,22,25). The molecular weight excluding hydrogens is 326 g/mol. The Hall–Kier alpha value is -2.53. The summed E-state index contributed by atoms with van der Waals surface area (Å²) in [7, 11) is 9.67. The van der Waals surface area contributed by atoms with Crippen LogP contribution in [0.5, 0.6) is 5.75 Å². The van der Waals surface area contributed by atoms with Crippen molar-refractivity contribution in [2.75, 3.05) is 46.7 Å². The second-order valence-electron chi connectivity index (χ2n) is 6.86. The van der Waals surface area contributed by atoms with Crippen molar-refractivity contribution in [1.29, 1.82) is 0 Å². The quantitative estimate of drug-likeness (QED) is 0.829. The lowest BCUT2D eigenvalue weighted by Gasteiger charge is -2.25. The molecule has 2 aromatic carbocycles. The van der Waals surface area contributed by atoms with Crippen molar-refractivity contribution in [2.45, 2.75) is 13.0 Å². The number of benzene rings is 2. The Labute approximate surface area is 156 Å². The van der Waals surface area contributed by atoms with Crippen LogP contribution in [0.25, 0.3) is 0 Å². The molecule has 1 amide bonds. The number of ether oxygens (including phenoxy) is 1. The van der Waals surface area contributed by atoms with E-state index in [0.29, 0.717) is 12.1 Å². The Morgan fingerprint density at radius 2 is 1.73 bits per heavy atom. The number of hydrogen-bond donors (Lipinski definition) is 1. The minimum atomic E-state index is -0.0567. The largest absolute Gasteiger partial charge is 0.497 e. The van der Waals surface area contributed by atoms with Gasteiger partial charge < -0.3 is 19.9 Å². The van der Waals surface area contributed by atoms with Gasteiger partial charge in [0.25, 0.3) is 5.91 Å². The molecule has 0 aliphatic rings. The summed E-state index contributed by atoms with van der Waals surface area (Å²) in [5, 5.41) is 3.06. The van der Waals surface area contributed by atoms with E-state index in [0.717, 1.165) is 22.6 Å². The molecule has 0 aromatic heterocycles. The van der Waals surface area contributed by atoms with E-state index >= 15 is 0 Å². The van der Waals surface area contributed by atoms with Gasteiger partial charge in [-0.3, -0.25) is 4.79 Å². The zero-order valence-electron chi connectivity index (χ0n) is 16.5. The fraction of sp³-hybridized carbons (Fsp3) is 0.381. The van der Waals surface area contributed by atoms with Gasteiger partial charge in [-0.15, -0.1) is 0 Å². The molecule has 0 bridgehead atoms. The van der Waals surface area contributed by atoms with Crippen LogP contribution in [0.1, 0.15) is 27.5 Å². The van der Waals surface area contributed by atoms with Gasteiger partial charge in [-0.1, -0.05) is 12.1 Å². The topological polar surface area (TPSA) is 44.8 Å². The van der Waals surface area contributed by atoms with Crippen LogP contribution < -0.4 is 15.0 Å². The monoisotopic (exact) mass is 355 g/mol. The van der Waals surface area contributed by atoms with E-state index in [-0.39, 0.29) is 11.9 Å². The summed E-state index contributed by atoms with van der Waals surface area (Å²) in [6, 6.07) is 13.8. The van der Waals surface area contributed by atoms with Gasteiger partial charge in [0, 0.05) is 31.9 Å². The van der Waals surface area contributed by atoms with E-state index in [1.54, 1.807) is 7.11 Å². The summed E-state index contributed by atoms with van der Waals surface area (Å²) < 4.78 is 5.22. The molecule has 1 N–H and O–H groups in total. The lowest BCUT2D eigenvalue weighted by Crippen LogP contribution is -2.34. The third-order valence-corrected chi connectivity index (χ3v) is 4.52. The molecule has 0 saturated heterocycles. The first kappa shape index (κ1) is 19.8. The first-order valence-corrected chi connectivity index (χ1v) is 8.70.